The topological polar surface area (TPSA) is 57.0 Å². The number of ether oxygens (including phenoxy) is 1. The van der Waals surface area contributed by atoms with E-state index < -0.39 is 5.69 Å². The monoisotopic (exact) mass is 203 g/mol. The van der Waals surface area contributed by atoms with Crippen molar-refractivity contribution in [1.82, 2.24) is 14.8 Å². The molecule has 0 saturated carbocycles. The zero-order chi connectivity index (χ0) is 10.7. The van der Waals surface area contributed by atoms with Crippen LogP contribution >= 0.6 is 0 Å². The largest absolute Gasteiger partial charge is 0.480 e. The van der Waals surface area contributed by atoms with E-state index in [1.54, 1.807) is 12.1 Å². The van der Waals surface area contributed by atoms with Crippen molar-refractivity contribution in [2.24, 2.45) is 0 Å². The van der Waals surface area contributed by atoms with Crippen LogP contribution in [0.4, 0.5) is 0 Å². The van der Waals surface area contributed by atoms with Gasteiger partial charge in [-0.1, -0.05) is 18.2 Å². The van der Waals surface area contributed by atoms with Crippen LogP contribution in [-0.2, 0) is 0 Å². The molecule has 0 unspecified atom stereocenters. The summed E-state index contributed by atoms with van der Waals surface area (Å²) in [6.07, 6.45) is 1.40. The van der Waals surface area contributed by atoms with Crippen molar-refractivity contribution in [3.63, 3.8) is 0 Å². The molecule has 1 aromatic carbocycles. The number of hydrogen-bond acceptors (Lipinski definition) is 4. The summed E-state index contributed by atoms with van der Waals surface area (Å²) in [4.78, 5) is 15.2. The van der Waals surface area contributed by atoms with Crippen molar-refractivity contribution >= 4 is 0 Å². The maximum Gasteiger partial charge on any atom is 0.372 e. The normalized spacial score (nSPS) is 9.93. The first-order valence-corrected chi connectivity index (χ1v) is 4.37. The second-order valence-electron chi connectivity index (χ2n) is 2.83. The van der Waals surface area contributed by atoms with Crippen molar-refractivity contribution in [1.29, 1.82) is 0 Å². The van der Waals surface area contributed by atoms with Gasteiger partial charge in [0.2, 0.25) is 5.88 Å². The Labute approximate surface area is 86.0 Å². The molecule has 76 valence electrons. The van der Waals surface area contributed by atoms with E-state index in [4.69, 9.17) is 4.74 Å². The first-order valence-electron chi connectivity index (χ1n) is 4.37. The highest BCUT2D eigenvalue weighted by molar-refractivity contribution is 5.29. The second kappa shape index (κ2) is 3.91. The predicted molar refractivity (Wildman–Crippen MR) is 54.2 cm³/mol. The standard InChI is InChI=1S/C10H9N3O2/c1-15-9-7-11-13(10(14)12-9)8-5-3-2-4-6-8/h2-7H,1H3. The highest BCUT2D eigenvalue weighted by Crippen LogP contribution is 2.03. The molecule has 0 atom stereocenters. The third-order valence-electron chi connectivity index (χ3n) is 1.88. The average Bonchev–Trinajstić information content (AvgIpc) is 2.30. The van der Waals surface area contributed by atoms with Crippen LogP contribution in [0, 0.1) is 0 Å². The summed E-state index contributed by atoms with van der Waals surface area (Å²) in [6.45, 7) is 0. The molecule has 15 heavy (non-hydrogen) atoms. The summed E-state index contributed by atoms with van der Waals surface area (Å²) in [7, 11) is 1.44. The minimum absolute atomic E-state index is 0.215. The minimum Gasteiger partial charge on any atom is -0.480 e. The molecule has 0 aliphatic rings. The maximum atomic E-state index is 11.5. The fourth-order valence-electron chi connectivity index (χ4n) is 1.17. The molecule has 0 spiro atoms. The third kappa shape index (κ3) is 1.85. The predicted octanol–water partition coefficient (Wildman–Crippen LogP) is 0.636. The summed E-state index contributed by atoms with van der Waals surface area (Å²) in [5.41, 5.74) is 0.221. The molecule has 0 aliphatic heterocycles. The van der Waals surface area contributed by atoms with Gasteiger partial charge in [0.1, 0.15) is 6.20 Å². The highest BCUT2D eigenvalue weighted by atomic mass is 16.5. The second-order valence-corrected chi connectivity index (χ2v) is 2.83. The van der Waals surface area contributed by atoms with Crippen LogP contribution in [0.15, 0.2) is 41.3 Å². The Morgan fingerprint density at radius 2 is 2.00 bits per heavy atom. The van der Waals surface area contributed by atoms with E-state index in [-0.39, 0.29) is 5.88 Å². The number of para-hydroxylation sites is 1. The molecule has 0 bridgehead atoms. The van der Waals surface area contributed by atoms with E-state index in [1.165, 1.54) is 18.0 Å². The first-order chi connectivity index (χ1) is 7.31. The molecule has 1 heterocycles. The van der Waals surface area contributed by atoms with Crippen LogP contribution in [0.5, 0.6) is 5.88 Å². The van der Waals surface area contributed by atoms with Gasteiger partial charge in [0.25, 0.3) is 0 Å². The van der Waals surface area contributed by atoms with Crippen LogP contribution in [-0.4, -0.2) is 21.9 Å². The Kier molecular flexibility index (Phi) is 2.45. The van der Waals surface area contributed by atoms with Crippen LogP contribution in [0.1, 0.15) is 0 Å². The zero-order valence-corrected chi connectivity index (χ0v) is 8.12. The van der Waals surface area contributed by atoms with E-state index in [2.05, 4.69) is 10.1 Å². The van der Waals surface area contributed by atoms with Crippen LogP contribution in [0.3, 0.4) is 0 Å². The number of methoxy groups -OCH3 is 1. The number of hydrogen-bond donors (Lipinski definition) is 0. The van der Waals surface area contributed by atoms with Crippen LogP contribution in [0.25, 0.3) is 5.69 Å². The summed E-state index contributed by atoms with van der Waals surface area (Å²) >= 11 is 0. The molecule has 1 aromatic heterocycles. The van der Waals surface area contributed by atoms with Gasteiger partial charge in [-0.15, -0.1) is 0 Å². The molecule has 2 aromatic rings. The number of benzene rings is 1. The molecule has 0 aliphatic carbocycles. The summed E-state index contributed by atoms with van der Waals surface area (Å²) in [6, 6.07) is 9.08. The lowest BCUT2D eigenvalue weighted by molar-refractivity contribution is 0.389. The molecule has 5 heteroatoms. The van der Waals surface area contributed by atoms with Crippen molar-refractivity contribution in [2.75, 3.05) is 7.11 Å². The van der Waals surface area contributed by atoms with Gasteiger partial charge in [-0.05, 0) is 12.1 Å². The van der Waals surface area contributed by atoms with Crippen molar-refractivity contribution in [2.45, 2.75) is 0 Å². The Hall–Kier alpha value is -2.17. The zero-order valence-electron chi connectivity index (χ0n) is 8.12. The fraction of sp³-hybridized carbons (Fsp3) is 0.100. The Morgan fingerprint density at radius 1 is 1.27 bits per heavy atom. The maximum absolute atomic E-state index is 11.5. The lowest BCUT2D eigenvalue weighted by Crippen LogP contribution is -2.23. The van der Waals surface area contributed by atoms with Gasteiger partial charge in [0, 0.05) is 0 Å². The number of aromatic nitrogens is 3. The summed E-state index contributed by atoms with van der Waals surface area (Å²) in [5, 5.41) is 3.94. The van der Waals surface area contributed by atoms with Gasteiger partial charge in [0.15, 0.2) is 0 Å². The van der Waals surface area contributed by atoms with Gasteiger partial charge in [-0.3, -0.25) is 0 Å². The van der Waals surface area contributed by atoms with Gasteiger partial charge >= 0.3 is 5.69 Å². The fourth-order valence-corrected chi connectivity index (χ4v) is 1.17. The van der Waals surface area contributed by atoms with E-state index in [0.29, 0.717) is 5.69 Å². The lowest BCUT2D eigenvalue weighted by atomic mass is 10.3. The Morgan fingerprint density at radius 3 is 2.60 bits per heavy atom. The summed E-state index contributed by atoms with van der Waals surface area (Å²) in [5.74, 6) is 0.215. The molecule has 0 saturated heterocycles. The van der Waals surface area contributed by atoms with Gasteiger partial charge < -0.3 is 4.74 Å². The van der Waals surface area contributed by atoms with Crippen molar-refractivity contribution < 1.29 is 4.74 Å². The molecule has 5 nitrogen and oxygen atoms in total. The molecular formula is C10H9N3O2. The van der Waals surface area contributed by atoms with Gasteiger partial charge in [0.05, 0.1) is 12.8 Å². The smallest absolute Gasteiger partial charge is 0.372 e. The lowest BCUT2D eigenvalue weighted by Gasteiger charge is -2.03. The van der Waals surface area contributed by atoms with Crippen molar-refractivity contribution in [3.8, 4) is 11.6 Å². The van der Waals surface area contributed by atoms with Crippen LogP contribution < -0.4 is 10.4 Å². The molecule has 0 fully saturated rings. The van der Waals surface area contributed by atoms with Gasteiger partial charge in [-0.25, -0.2) is 4.79 Å². The quantitative estimate of drug-likeness (QED) is 0.718. The molecule has 0 N–H and O–H groups in total. The van der Waals surface area contributed by atoms with E-state index in [9.17, 15) is 4.79 Å². The van der Waals surface area contributed by atoms with E-state index >= 15 is 0 Å². The highest BCUT2D eigenvalue weighted by Gasteiger charge is 2.02. The molecule has 2 rings (SSSR count). The van der Waals surface area contributed by atoms with Crippen LogP contribution in [0.2, 0.25) is 0 Å². The third-order valence-corrected chi connectivity index (χ3v) is 1.88. The molecule has 0 amide bonds. The Balaban J connectivity index is 2.51. The number of nitrogens with zero attached hydrogens (tertiary/aromatic N) is 3. The van der Waals surface area contributed by atoms with E-state index in [1.807, 2.05) is 18.2 Å². The summed E-state index contributed by atoms with van der Waals surface area (Å²) < 4.78 is 6.01. The van der Waals surface area contributed by atoms with Crippen molar-refractivity contribution in [3.05, 3.63) is 47.0 Å². The minimum atomic E-state index is -0.458. The molecular weight excluding hydrogens is 194 g/mol. The molecule has 0 radical (unpaired) electrons. The number of rotatable bonds is 2. The SMILES string of the molecule is COc1cnn(-c2ccccc2)c(=O)n1. The Bertz CT molecular complexity index is 508. The first kappa shape index (κ1) is 9.39. The average molecular weight is 203 g/mol. The van der Waals surface area contributed by atoms with Gasteiger partial charge in [-0.2, -0.15) is 14.8 Å². The van der Waals surface area contributed by atoms with E-state index in [0.717, 1.165) is 0 Å².